The van der Waals surface area contributed by atoms with Crippen molar-refractivity contribution >= 4 is 23.5 Å². The van der Waals surface area contributed by atoms with Crippen LogP contribution in [0.3, 0.4) is 0 Å². The Bertz CT molecular complexity index is 868. The minimum absolute atomic E-state index is 0.0876. The molecule has 0 unspecified atom stereocenters. The highest BCUT2D eigenvalue weighted by molar-refractivity contribution is 6.00. The van der Waals surface area contributed by atoms with Crippen molar-refractivity contribution < 1.29 is 23.9 Å². The highest BCUT2D eigenvalue weighted by atomic mass is 16.5. The van der Waals surface area contributed by atoms with Gasteiger partial charge in [0.05, 0.1) is 18.6 Å². The van der Waals surface area contributed by atoms with E-state index >= 15 is 0 Å². The van der Waals surface area contributed by atoms with E-state index in [1.54, 1.807) is 4.90 Å². The number of amides is 1. The van der Waals surface area contributed by atoms with Gasteiger partial charge in [-0.2, -0.15) is 0 Å². The molecule has 3 rings (SSSR count). The molecule has 0 spiro atoms. The summed E-state index contributed by atoms with van der Waals surface area (Å²) in [6.07, 6.45) is 0.118. The molecule has 1 amide bonds. The van der Waals surface area contributed by atoms with Crippen LogP contribution in [0, 0.1) is 19.8 Å². The minimum Gasteiger partial charge on any atom is -0.465 e. The number of benzene rings is 2. The van der Waals surface area contributed by atoms with Gasteiger partial charge in [-0.05, 0) is 49.2 Å². The van der Waals surface area contributed by atoms with E-state index in [0.29, 0.717) is 17.9 Å². The predicted octanol–water partition coefficient (Wildman–Crippen LogP) is 3.05. The van der Waals surface area contributed by atoms with Gasteiger partial charge in [0.1, 0.15) is 5.75 Å². The van der Waals surface area contributed by atoms with E-state index in [1.807, 2.05) is 32.0 Å². The average Bonchev–Trinajstić information content (AvgIpc) is 3.03. The fourth-order valence-electron chi connectivity index (χ4n) is 3.29. The van der Waals surface area contributed by atoms with Crippen molar-refractivity contribution in [3.05, 3.63) is 59.2 Å². The second kappa shape index (κ2) is 7.61. The number of rotatable bonds is 4. The van der Waals surface area contributed by atoms with Crippen LogP contribution >= 0.6 is 0 Å². The zero-order valence-corrected chi connectivity index (χ0v) is 15.5. The van der Waals surface area contributed by atoms with Crippen LogP contribution in [0.2, 0.25) is 0 Å². The van der Waals surface area contributed by atoms with Crippen LogP contribution in [-0.4, -0.2) is 31.5 Å². The SMILES string of the molecule is COC(=O)c1ccc(OC(=O)[C@H]2CC(=O)N(c3c(C)cccc3C)C2)cc1. The molecule has 0 N–H and O–H groups in total. The molecule has 0 radical (unpaired) electrons. The lowest BCUT2D eigenvalue weighted by Gasteiger charge is -2.21. The Morgan fingerprint density at radius 3 is 2.26 bits per heavy atom. The van der Waals surface area contributed by atoms with E-state index in [4.69, 9.17) is 4.74 Å². The summed E-state index contributed by atoms with van der Waals surface area (Å²) in [5.41, 5.74) is 3.22. The monoisotopic (exact) mass is 367 g/mol. The number of anilines is 1. The first-order valence-electron chi connectivity index (χ1n) is 8.67. The maximum atomic E-state index is 12.5. The number of nitrogens with zero attached hydrogens (tertiary/aromatic N) is 1. The smallest absolute Gasteiger partial charge is 0.337 e. The molecule has 1 fully saturated rings. The van der Waals surface area contributed by atoms with E-state index in [2.05, 4.69) is 4.74 Å². The summed E-state index contributed by atoms with van der Waals surface area (Å²) in [6.45, 7) is 4.19. The van der Waals surface area contributed by atoms with Gasteiger partial charge in [-0.25, -0.2) is 4.79 Å². The van der Waals surface area contributed by atoms with Gasteiger partial charge in [-0.15, -0.1) is 0 Å². The van der Waals surface area contributed by atoms with Gasteiger partial charge in [0, 0.05) is 18.7 Å². The van der Waals surface area contributed by atoms with E-state index in [0.717, 1.165) is 16.8 Å². The molecule has 2 aromatic carbocycles. The van der Waals surface area contributed by atoms with Crippen molar-refractivity contribution in [1.29, 1.82) is 0 Å². The molecule has 1 aliphatic heterocycles. The van der Waals surface area contributed by atoms with Crippen LogP contribution in [0.1, 0.15) is 27.9 Å². The van der Waals surface area contributed by atoms with Gasteiger partial charge in [-0.3, -0.25) is 9.59 Å². The molecule has 0 bridgehead atoms. The molecule has 6 heteroatoms. The van der Waals surface area contributed by atoms with Crippen molar-refractivity contribution in [3.8, 4) is 5.75 Å². The summed E-state index contributed by atoms with van der Waals surface area (Å²) >= 11 is 0. The third kappa shape index (κ3) is 3.84. The summed E-state index contributed by atoms with van der Waals surface area (Å²) in [4.78, 5) is 38.1. The molecule has 1 heterocycles. The molecular weight excluding hydrogens is 346 g/mol. The lowest BCUT2D eigenvalue weighted by molar-refractivity contribution is -0.139. The van der Waals surface area contributed by atoms with Gasteiger partial charge < -0.3 is 14.4 Å². The molecule has 0 aliphatic carbocycles. The number of carbonyl (C=O) groups is 3. The first-order valence-corrected chi connectivity index (χ1v) is 8.67. The average molecular weight is 367 g/mol. The van der Waals surface area contributed by atoms with Crippen molar-refractivity contribution in [2.24, 2.45) is 5.92 Å². The molecule has 6 nitrogen and oxygen atoms in total. The number of carbonyl (C=O) groups excluding carboxylic acids is 3. The molecule has 2 aromatic rings. The summed E-state index contributed by atoms with van der Waals surface area (Å²) in [5.74, 6) is -1.21. The Morgan fingerprint density at radius 1 is 1.04 bits per heavy atom. The second-order valence-corrected chi connectivity index (χ2v) is 6.58. The van der Waals surface area contributed by atoms with Crippen LogP contribution in [0.25, 0.3) is 0 Å². The van der Waals surface area contributed by atoms with Gasteiger partial charge >= 0.3 is 11.9 Å². The molecule has 1 aliphatic rings. The topological polar surface area (TPSA) is 72.9 Å². The minimum atomic E-state index is -0.531. The van der Waals surface area contributed by atoms with Crippen LogP contribution in [0.5, 0.6) is 5.75 Å². The van der Waals surface area contributed by atoms with Crippen molar-refractivity contribution in [2.75, 3.05) is 18.6 Å². The number of hydrogen-bond donors (Lipinski definition) is 0. The normalized spacial score (nSPS) is 16.3. The van der Waals surface area contributed by atoms with Crippen LogP contribution < -0.4 is 9.64 Å². The fraction of sp³-hybridized carbons (Fsp3) is 0.286. The highest BCUT2D eigenvalue weighted by Gasteiger charge is 2.37. The van der Waals surface area contributed by atoms with Crippen molar-refractivity contribution in [3.63, 3.8) is 0 Å². The molecule has 27 heavy (non-hydrogen) atoms. The first-order chi connectivity index (χ1) is 12.9. The zero-order valence-electron chi connectivity index (χ0n) is 15.5. The first kappa shape index (κ1) is 18.6. The summed E-state index contributed by atoms with van der Waals surface area (Å²) in [5, 5.41) is 0. The molecule has 140 valence electrons. The maximum absolute atomic E-state index is 12.5. The summed E-state index contributed by atoms with van der Waals surface area (Å²) in [7, 11) is 1.30. The molecule has 1 saturated heterocycles. The third-order valence-corrected chi connectivity index (χ3v) is 4.66. The third-order valence-electron chi connectivity index (χ3n) is 4.66. The Hall–Kier alpha value is -3.15. The fourth-order valence-corrected chi connectivity index (χ4v) is 3.29. The lowest BCUT2D eigenvalue weighted by Crippen LogP contribution is -2.28. The number of methoxy groups -OCH3 is 1. The van der Waals surface area contributed by atoms with Crippen LogP contribution in [0.4, 0.5) is 5.69 Å². The van der Waals surface area contributed by atoms with Crippen molar-refractivity contribution in [1.82, 2.24) is 0 Å². The predicted molar refractivity (Wildman–Crippen MR) is 99.8 cm³/mol. The van der Waals surface area contributed by atoms with E-state index in [9.17, 15) is 14.4 Å². The van der Waals surface area contributed by atoms with Gasteiger partial charge in [0.15, 0.2) is 0 Å². The molecule has 0 aromatic heterocycles. The quantitative estimate of drug-likeness (QED) is 0.613. The standard InChI is InChI=1S/C21H21NO5/c1-13-5-4-6-14(2)19(13)22-12-16(11-18(22)23)21(25)27-17-9-7-15(8-10-17)20(24)26-3/h4-10,16H,11-12H2,1-3H3/t16-/m0/s1. The Labute approximate surface area is 157 Å². The Balaban J connectivity index is 1.70. The maximum Gasteiger partial charge on any atom is 0.337 e. The number of esters is 2. The Kier molecular flexibility index (Phi) is 5.26. The number of para-hydroxylation sites is 1. The Morgan fingerprint density at radius 2 is 1.67 bits per heavy atom. The van der Waals surface area contributed by atoms with Crippen LogP contribution in [0.15, 0.2) is 42.5 Å². The van der Waals surface area contributed by atoms with Gasteiger partial charge in [0.2, 0.25) is 5.91 Å². The number of aryl methyl sites for hydroxylation is 2. The van der Waals surface area contributed by atoms with Gasteiger partial charge in [0.25, 0.3) is 0 Å². The molecule has 0 saturated carbocycles. The van der Waals surface area contributed by atoms with E-state index in [1.165, 1.54) is 31.4 Å². The van der Waals surface area contributed by atoms with Gasteiger partial charge in [-0.1, -0.05) is 18.2 Å². The summed E-state index contributed by atoms with van der Waals surface area (Å²) < 4.78 is 10.0. The largest absolute Gasteiger partial charge is 0.465 e. The second-order valence-electron chi connectivity index (χ2n) is 6.58. The van der Waals surface area contributed by atoms with Crippen LogP contribution in [-0.2, 0) is 14.3 Å². The van der Waals surface area contributed by atoms with E-state index < -0.39 is 17.9 Å². The summed E-state index contributed by atoms with van der Waals surface area (Å²) in [6, 6.07) is 12.0. The van der Waals surface area contributed by atoms with E-state index in [-0.39, 0.29) is 12.3 Å². The lowest BCUT2D eigenvalue weighted by atomic mass is 10.1. The highest BCUT2D eigenvalue weighted by Crippen LogP contribution is 2.31. The molecule has 1 atom stereocenters. The molecular formula is C21H21NO5. The number of hydrogen-bond acceptors (Lipinski definition) is 5. The number of ether oxygens (including phenoxy) is 2. The zero-order chi connectivity index (χ0) is 19.6. The van der Waals surface area contributed by atoms with Crippen molar-refractivity contribution in [2.45, 2.75) is 20.3 Å².